The highest BCUT2D eigenvalue weighted by Crippen LogP contribution is 2.31. The van der Waals surface area contributed by atoms with Gasteiger partial charge in [-0.15, -0.1) is 11.3 Å². The number of nitro groups is 1. The van der Waals surface area contributed by atoms with Crippen LogP contribution in [0.2, 0.25) is 0 Å². The van der Waals surface area contributed by atoms with E-state index in [0.29, 0.717) is 17.3 Å². The number of methoxy groups -OCH3 is 1. The number of nitrogens with zero attached hydrogens (tertiary/aromatic N) is 4. The molecule has 0 radical (unpaired) electrons. The van der Waals surface area contributed by atoms with Gasteiger partial charge in [-0.2, -0.15) is 0 Å². The summed E-state index contributed by atoms with van der Waals surface area (Å²) in [5.41, 5.74) is 1.39. The van der Waals surface area contributed by atoms with Crippen molar-refractivity contribution >= 4 is 51.6 Å². The number of aromatic nitrogens is 3. The fourth-order valence-electron chi connectivity index (χ4n) is 2.83. The average Bonchev–Trinajstić information content (AvgIpc) is 3.40. The number of alkyl carbamates (subject to hydrolysis) is 1. The Morgan fingerprint density at radius 3 is 2.71 bits per heavy atom. The van der Waals surface area contributed by atoms with E-state index >= 15 is 0 Å². The Bertz CT molecular complexity index is 1150. The predicted octanol–water partition coefficient (Wildman–Crippen LogP) is 4.50. The van der Waals surface area contributed by atoms with Crippen LogP contribution in [0.15, 0.2) is 35.8 Å². The molecule has 2 aromatic heterocycles. The van der Waals surface area contributed by atoms with Crippen molar-refractivity contribution in [2.75, 3.05) is 19.0 Å². The van der Waals surface area contributed by atoms with Crippen LogP contribution in [0.1, 0.15) is 5.82 Å². The molecule has 0 saturated heterocycles. The Hall–Kier alpha value is -3.16. The number of hydrogen-bond donors (Lipinski definition) is 2. The lowest BCUT2D eigenvalue weighted by Crippen LogP contribution is -2.49. The van der Waals surface area contributed by atoms with E-state index < -0.39 is 21.8 Å². The Kier molecular flexibility index (Phi) is 8.12. The van der Waals surface area contributed by atoms with Crippen LogP contribution in [0.25, 0.3) is 11.3 Å². The molecule has 0 aliphatic rings. The highest BCUT2D eigenvalue weighted by molar-refractivity contribution is 7.14. The molecule has 1 unspecified atom stereocenters. The van der Waals surface area contributed by atoms with Crippen molar-refractivity contribution < 1.29 is 23.6 Å². The van der Waals surface area contributed by atoms with E-state index in [4.69, 9.17) is 32.7 Å². The van der Waals surface area contributed by atoms with E-state index in [9.17, 15) is 19.3 Å². The summed E-state index contributed by atoms with van der Waals surface area (Å²) < 4.78 is 22.8. The lowest BCUT2D eigenvalue weighted by atomic mass is 10.2. The number of imidazole rings is 1. The van der Waals surface area contributed by atoms with Crippen LogP contribution in [0.3, 0.4) is 0 Å². The molecule has 0 bridgehead atoms. The van der Waals surface area contributed by atoms with E-state index in [2.05, 4.69) is 20.6 Å². The van der Waals surface area contributed by atoms with E-state index in [1.807, 2.05) is 0 Å². The number of hydrogen-bond acceptors (Lipinski definition) is 9. The van der Waals surface area contributed by atoms with Gasteiger partial charge in [-0.25, -0.2) is 23.7 Å². The van der Waals surface area contributed by atoms with Gasteiger partial charge in [-0.1, -0.05) is 23.2 Å². The van der Waals surface area contributed by atoms with Gasteiger partial charge in [-0.05, 0) is 29.2 Å². The molecule has 15 heteroatoms. The SMILES string of the molecule is COc1ccc(-c2csc(NC(NC(=O)OCCn3c([N+](=O)[O-])cnc3C)C(F)(Cl)Cl)n2)cc1. The number of aryl methyl sites for hydroxylation is 1. The zero-order valence-electron chi connectivity index (χ0n) is 17.8. The topological polar surface area (TPSA) is 133 Å². The standard InChI is InChI=1S/C19H19Cl2FN6O5S/c1-11-23-9-15(28(30)31)27(11)7-8-33-18(29)26-16(19(20,21)22)25-17-24-14(10-34-17)12-3-5-13(32-2)6-4-12/h3-6,9-10,16H,7-8H2,1-2H3,(H,24,25)(H,26,29). The highest BCUT2D eigenvalue weighted by Gasteiger charge is 2.37. The van der Waals surface area contributed by atoms with E-state index in [0.717, 1.165) is 23.1 Å². The van der Waals surface area contributed by atoms with Gasteiger partial charge in [0.25, 0.3) is 4.59 Å². The number of halogens is 3. The minimum atomic E-state index is -2.91. The fourth-order valence-corrected chi connectivity index (χ4v) is 3.79. The van der Waals surface area contributed by atoms with Gasteiger partial charge < -0.3 is 24.9 Å². The molecule has 182 valence electrons. The van der Waals surface area contributed by atoms with Gasteiger partial charge in [0.05, 0.1) is 12.8 Å². The number of alkyl halides is 3. The third kappa shape index (κ3) is 6.46. The van der Waals surface area contributed by atoms with Crippen LogP contribution in [-0.2, 0) is 11.3 Å². The van der Waals surface area contributed by atoms with Crippen molar-refractivity contribution in [2.45, 2.75) is 24.2 Å². The summed E-state index contributed by atoms with van der Waals surface area (Å²) in [6, 6.07) is 7.15. The minimum Gasteiger partial charge on any atom is -0.497 e. The summed E-state index contributed by atoms with van der Waals surface area (Å²) in [5, 5.41) is 17.8. The Labute approximate surface area is 207 Å². The molecule has 1 amide bonds. The maximum absolute atomic E-state index is 14.3. The van der Waals surface area contributed by atoms with Crippen LogP contribution in [-0.4, -0.2) is 50.0 Å². The molecule has 0 aliphatic heterocycles. The van der Waals surface area contributed by atoms with Gasteiger partial charge in [0, 0.05) is 17.9 Å². The van der Waals surface area contributed by atoms with Crippen molar-refractivity contribution in [3.05, 3.63) is 51.8 Å². The third-order valence-electron chi connectivity index (χ3n) is 4.52. The smallest absolute Gasteiger partial charge is 0.409 e. The summed E-state index contributed by atoms with van der Waals surface area (Å²) in [5.74, 6) is 0.808. The first kappa shape index (κ1) is 25.5. The summed E-state index contributed by atoms with van der Waals surface area (Å²) in [7, 11) is 1.56. The van der Waals surface area contributed by atoms with E-state index in [1.54, 1.807) is 43.7 Å². The summed E-state index contributed by atoms with van der Waals surface area (Å²) >= 11 is 12.3. The van der Waals surface area contributed by atoms with E-state index in [-0.39, 0.29) is 24.1 Å². The van der Waals surface area contributed by atoms with Crippen molar-refractivity contribution in [3.8, 4) is 17.0 Å². The second-order valence-corrected chi connectivity index (χ2v) is 8.89. The molecular weight excluding hydrogens is 514 g/mol. The molecule has 0 spiro atoms. The molecule has 3 rings (SSSR count). The van der Waals surface area contributed by atoms with Crippen LogP contribution < -0.4 is 15.4 Å². The number of anilines is 1. The van der Waals surface area contributed by atoms with Crippen molar-refractivity contribution in [1.29, 1.82) is 0 Å². The molecule has 0 fully saturated rings. The van der Waals surface area contributed by atoms with Crippen LogP contribution in [0.4, 0.5) is 20.1 Å². The van der Waals surface area contributed by atoms with Gasteiger partial charge in [0.15, 0.2) is 17.1 Å². The zero-order valence-corrected chi connectivity index (χ0v) is 20.2. The number of benzene rings is 1. The zero-order chi connectivity index (χ0) is 24.9. The summed E-state index contributed by atoms with van der Waals surface area (Å²) in [6.07, 6.45) is -1.56. The second kappa shape index (κ2) is 10.8. The highest BCUT2D eigenvalue weighted by atomic mass is 35.5. The summed E-state index contributed by atoms with van der Waals surface area (Å²) in [6.45, 7) is 1.28. The van der Waals surface area contributed by atoms with Gasteiger partial charge in [-0.3, -0.25) is 5.32 Å². The van der Waals surface area contributed by atoms with Crippen molar-refractivity contribution in [2.24, 2.45) is 0 Å². The van der Waals surface area contributed by atoms with Crippen LogP contribution in [0, 0.1) is 17.0 Å². The molecule has 0 aliphatic carbocycles. The van der Waals surface area contributed by atoms with Crippen molar-refractivity contribution in [3.63, 3.8) is 0 Å². The largest absolute Gasteiger partial charge is 0.497 e. The lowest BCUT2D eigenvalue weighted by molar-refractivity contribution is -0.392. The van der Waals surface area contributed by atoms with Gasteiger partial charge in [0.1, 0.15) is 25.1 Å². The van der Waals surface area contributed by atoms with Crippen LogP contribution in [0.5, 0.6) is 5.75 Å². The minimum absolute atomic E-state index is 0.0338. The monoisotopic (exact) mass is 532 g/mol. The number of carbonyl (C=O) groups excluding carboxylic acids is 1. The van der Waals surface area contributed by atoms with Crippen LogP contribution >= 0.6 is 34.5 Å². The average molecular weight is 533 g/mol. The van der Waals surface area contributed by atoms with E-state index in [1.165, 1.54) is 4.57 Å². The van der Waals surface area contributed by atoms with Gasteiger partial charge in [0.2, 0.25) is 0 Å². The number of nitrogens with one attached hydrogen (secondary N) is 2. The first-order valence-electron chi connectivity index (χ1n) is 9.61. The van der Waals surface area contributed by atoms with Gasteiger partial charge >= 0.3 is 11.9 Å². The fraction of sp³-hybridized carbons (Fsp3) is 0.316. The number of amides is 1. The maximum atomic E-state index is 14.3. The molecule has 2 heterocycles. The summed E-state index contributed by atoms with van der Waals surface area (Å²) in [4.78, 5) is 30.8. The molecule has 34 heavy (non-hydrogen) atoms. The predicted molar refractivity (Wildman–Crippen MR) is 125 cm³/mol. The number of ether oxygens (including phenoxy) is 2. The number of carbonyl (C=O) groups is 1. The number of rotatable bonds is 10. The molecule has 0 saturated carbocycles. The lowest BCUT2D eigenvalue weighted by Gasteiger charge is -2.24. The van der Waals surface area contributed by atoms with Crippen molar-refractivity contribution in [1.82, 2.24) is 19.9 Å². The Morgan fingerprint density at radius 2 is 2.09 bits per heavy atom. The normalized spacial score (nSPS) is 12.1. The molecule has 1 atom stereocenters. The molecule has 2 N–H and O–H groups in total. The molecule has 11 nitrogen and oxygen atoms in total. The third-order valence-corrected chi connectivity index (χ3v) is 5.73. The number of thiazole rings is 1. The molecule has 1 aromatic carbocycles. The quantitative estimate of drug-likeness (QED) is 0.169. The first-order chi connectivity index (χ1) is 16.1. The second-order valence-electron chi connectivity index (χ2n) is 6.74. The molecule has 3 aromatic rings. The first-order valence-corrected chi connectivity index (χ1v) is 11.2. The molecular formula is C19H19Cl2FN6O5S. The Morgan fingerprint density at radius 1 is 1.38 bits per heavy atom. The maximum Gasteiger partial charge on any atom is 0.409 e. The Balaban J connectivity index is 1.60.